The van der Waals surface area contributed by atoms with Crippen molar-refractivity contribution in [2.75, 3.05) is 6.54 Å². The number of aliphatic carboxylic acids is 1. The molecule has 0 bridgehead atoms. The highest BCUT2D eigenvalue weighted by Crippen LogP contribution is 2.15. The Hall–Kier alpha value is -0.710. The molecule has 0 rings (SSSR count). The van der Waals surface area contributed by atoms with Crippen LogP contribution in [0.1, 0.15) is 6.42 Å². The molecule has 0 aromatic rings. The lowest BCUT2D eigenvalue weighted by atomic mass is 10.2. The quantitative estimate of drug-likeness (QED) is 0.580. The number of hydrogen-bond donors (Lipinski definition) is 2. The molecule has 0 atom stereocenters. The van der Waals surface area contributed by atoms with Crippen molar-refractivity contribution in [1.82, 2.24) is 0 Å². The maximum Gasteiger partial charge on any atom is 0.309 e. The summed E-state index contributed by atoms with van der Waals surface area (Å²) < 4.78 is 23.8. The van der Waals surface area contributed by atoms with E-state index in [4.69, 9.17) is 5.11 Å². The second-order valence-corrected chi connectivity index (χ2v) is 1.63. The van der Waals surface area contributed by atoms with Crippen LogP contribution in [0.5, 0.6) is 0 Å². The highest BCUT2D eigenvalue weighted by molar-refractivity contribution is 5.67. The lowest BCUT2D eigenvalue weighted by molar-refractivity contribution is -0.144. The zero-order valence-electron chi connectivity index (χ0n) is 4.60. The molecule has 54 valence electrons. The predicted molar refractivity (Wildman–Crippen MR) is 26.3 cm³/mol. The topological polar surface area (TPSA) is 63.3 Å². The van der Waals surface area contributed by atoms with Gasteiger partial charge in [0, 0.05) is 0 Å². The summed E-state index contributed by atoms with van der Waals surface area (Å²) in [5.74, 6) is -4.79. The summed E-state index contributed by atoms with van der Waals surface area (Å²) in [6.07, 6.45) is -1.19. The summed E-state index contributed by atoms with van der Waals surface area (Å²) in [6, 6.07) is 0. The van der Waals surface area contributed by atoms with E-state index in [-0.39, 0.29) is 0 Å². The van der Waals surface area contributed by atoms with Crippen molar-refractivity contribution in [1.29, 1.82) is 0 Å². The molecule has 0 aliphatic carbocycles. The fraction of sp³-hybridized carbons (Fsp3) is 0.750. The van der Waals surface area contributed by atoms with Crippen LogP contribution >= 0.6 is 0 Å². The molecule has 0 aliphatic heterocycles. The number of halogens is 2. The van der Waals surface area contributed by atoms with Gasteiger partial charge in [0.25, 0.3) is 5.92 Å². The largest absolute Gasteiger partial charge is 0.481 e. The van der Waals surface area contributed by atoms with Crippen molar-refractivity contribution in [3.8, 4) is 0 Å². The van der Waals surface area contributed by atoms with Gasteiger partial charge >= 0.3 is 5.97 Å². The van der Waals surface area contributed by atoms with Crippen molar-refractivity contribution < 1.29 is 18.7 Å². The molecule has 0 amide bonds. The summed E-state index contributed by atoms with van der Waals surface area (Å²) >= 11 is 0. The van der Waals surface area contributed by atoms with Crippen molar-refractivity contribution in [3.05, 3.63) is 0 Å². The fourth-order valence-electron chi connectivity index (χ4n) is 0.293. The summed E-state index contributed by atoms with van der Waals surface area (Å²) in [5.41, 5.74) is 4.54. The van der Waals surface area contributed by atoms with E-state index in [9.17, 15) is 13.6 Å². The highest BCUT2D eigenvalue weighted by Gasteiger charge is 2.29. The third kappa shape index (κ3) is 3.84. The van der Waals surface area contributed by atoms with E-state index < -0.39 is 24.9 Å². The van der Waals surface area contributed by atoms with Crippen LogP contribution < -0.4 is 5.73 Å². The Morgan fingerprint density at radius 1 is 1.67 bits per heavy atom. The molecule has 0 fully saturated rings. The summed E-state index contributed by atoms with van der Waals surface area (Å²) in [6.45, 7) is -0.917. The number of nitrogens with two attached hydrogens (primary N) is 1. The van der Waals surface area contributed by atoms with Gasteiger partial charge in [0.2, 0.25) is 0 Å². The molecule has 0 heterocycles. The van der Waals surface area contributed by atoms with Crippen molar-refractivity contribution in [3.63, 3.8) is 0 Å². The van der Waals surface area contributed by atoms with Crippen LogP contribution in [0.25, 0.3) is 0 Å². The summed E-state index contributed by atoms with van der Waals surface area (Å²) in [7, 11) is 0. The minimum Gasteiger partial charge on any atom is -0.481 e. The lowest BCUT2D eigenvalue weighted by Gasteiger charge is -2.08. The number of rotatable bonds is 3. The third-order valence-electron chi connectivity index (χ3n) is 0.708. The van der Waals surface area contributed by atoms with E-state index in [0.717, 1.165) is 0 Å². The third-order valence-corrected chi connectivity index (χ3v) is 0.708. The van der Waals surface area contributed by atoms with Gasteiger partial charge in [-0.05, 0) is 0 Å². The SMILES string of the molecule is NCC(F)(F)CC(=O)O. The predicted octanol–water partition coefficient (Wildman–Crippen LogP) is 0.0551. The lowest BCUT2D eigenvalue weighted by Crippen LogP contribution is -2.30. The molecule has 0 unspecified atom stereocenters. The normalized spacial score (nSPS) is 11.4. The molecule has 0 aromatic carbocycles. The first-order valence-electron chi connectivity index (χ1n) is 2.27. The fourth-order valence-corrected chi connectivity index (χ4v) is 0.293. The number of hydrogen-bond acceptors (Lipinski definition) is 2. The minimum atomic E-state index is -3.26. The first-order valence-corrected chi connectivity index (χ1v) is 2.27. The van der Waals surface area contributed by atoms with Gasteiger partial charge in [-0.15, -0.1) is 0 Å². The maximum absolute atomic E-state index is 11.9. The molecule has 3 nitrogen and oxygen atoms in total. The smallest absolute Gasteiger partial charge is 0.309 e. The molecule has 3 N–H and O–H groups in total. The second kappa shape index (κ2) is 2.72. The summed E-state index contributed by atoms with van der Waals surface area (Å²) in [5, 5.41) is 7.84. The van der Waals surface area contributed by atoms with Crippen LogP contribution in [0.15, 0.2) is 0 Å². The van der Waals surface area contributed by atoms with Crippen LogP contribution in [-0.2, 0) is 4.79 Å². The van der Waals surface area contributed by atoms with E-state index in [1.165, 1.54) is 0 Å². The number of carboxylic acid groups (broad SMARTS) is 1. The Labute approximate surface area is 50.5 Å². The van der Waals surface area contributed by atoms with Crippen LogP contribution in [0.3, 0.4) is 0 Å². The molecular weight excluding hydrogens is 132 g/mol. The van der Waals surface area contributed by atoms with Crippen molar-refractivity contribution >= 4 is 5.97 Å². The number of carboxylic acids is 1. The molecule has 0 spiro atoms. The van der Waals surface area contributed by atoms with Crippen LogP contribution in [-0.4, -0.2) is 23.5 Å². The van der Waals surface area contributed by atoms with Crippen molar-refractivity contribution in [2.24, 2.45) is 5.73 Å². The van der Waals surface area contributed by atoms with Gasteiger partial charge in [-0.1, -0.05) is 0 Å². The van der Waals surface area contributed by atoms with Crippen LogP contribution in [0, 0.1) is 0 Å². The Kier molecular flexibility index (Phi) is 2.51. The van der Waals surface area contributed by atoms with Gasteiger partial charge in [-0.2, -0.15) is 0 Å². The first-order chi connectivity index (χ1) is 3.98. The van der Waals surface area contributed by atoms with Crippen molar-refractivity contribution in [2.45, 2.75) is 12.3 Å². The molecule has 0 radical (unpaired) electrons. The molecule has 0 saturated heterocycles. The Morgan fingerprint density at radius 2 is 2.11 bits per heavy atom. The molecule has 9 heavy (non-hydrogen) atoms. The van der Waals surface area contributed by atoms with Gasteiger partial charge in [-0.25, -0.2) is 8.78 Å². The molecule has 0 aliphatic rings. The van der Waals surface area contributed by atoms with Gasteiger partial charge in [0.1, 0.15) is 6.42 Å². The molecule has 0 aromatic heterocycles. The highest BCUT2D eigenvalue weighted by atomic mass is 19.3. The van der Waals surface area contributed by atoms with E-state index in [0.29, 0.717) is 0 Å². The average molecular weight is 139 g/mol. The van der Waals surface area contributed by atoms with E-state index in [1.807, 2.05) is 0 Å². The maximum atomic E-state index is 11.9. The van der Waals surface area contributed by atoms with Crippen LogP contribution in [0.2, 0.25) is 0 Å². The Morgan fingerprint density at radius 3 is 2.22 bits per heavy atom. The van der Waals surface area contributed by atoms with E-state index >= 15 is 0 Å². The van der Waals surface area contributed by atoms with Gasteiger partial charge in [-0.3, -0.25) is 4.79 Å². The zero-order valence-corrected chi connectivity index (χ0v) is 4.60. The summed E-state index contributed by atoms with van der Waals surface area (Å²) in [4.78, 5) is 9.64. The first kappa shape index (κ1) is 8.29. The van der Waals surface area contributed by atoms with Crippen LogP contribution in [0.4, 0.5) is 8.78 Å². The van der Waals surface area contributed by atoms with E-state index in [2.05, 4.69) is 5.73 Å². The standard InChI is InChI=1S/C4H7F2NO2/c5-4(6,2-7)1-3(8)9/h1-2,7H2,(H,8,9). The minimum absolute atomic E-state index is 0.917. The number of carbonyl (C=O) groups is 1. The molecule has 0 saturated carbocycles. The average Bonchev–Trinajstić information content (AvgIpc) is 1.63. The monoisotopic (exact) mass is 139 g/mol. The Balaban J connectivity index is 3.71. The van der Waals surface area contributed by atoms with Gasteiger partial charge in [0.15, 0.2) is 0 Å². The van der Waals surface area contributed by atoms with Gasteiger partial charge in [0.05, 0.1) is 6.54 Å². The molecule has 5 heteroatoms. The number of alkyl halides is 2. The van der Waals surface area contributed by atoms with Gasteiger partial charge < -0.3 is 10.8 Å². The van der Waals surface area contributed by atoms with E-state index in [1.54, 1.807) is 0 Å². The Bertz CT molecular complexity index is 115. The second-order valence-electron chi connectivity index (χ2n) is 1.63. The molecular formula is C4H7F2NO2. The zero-order chi connectivity index (χ0) is 7.49.